The first-order valence-electron chi connectivity index (χ1n) is 20.2. The molecule has 13 nitrogen and oxygen atoms in total. The van der Waals surface area contributed by atoms with E-state index in [1.165, 1.54) is 103 Å². The Morgan fingerprint density at radius 3 is 1.51 bits per heavy atom. The molecular formula is C38H63N7O6. The Balaban J connectivity index is 0.000000198. The van der Waals surface area contributed by atoms with Crippen LogP contribution < -0.4 is 5.48 Å². The number of nitrogens with zero attached hydrogens (tertiary/aromatic N) is 6. The van der Waals surface area contributed by atoms with Gasteiger partial charge in [0, 0.05) is 18.3 Å². The second kappa shape index (κ2) is 21.6. The van der Waals surface area contributed by atoms with Gasteiger partial charge in [-0.05, 0) is 76.5 Å². The Labute approximate surface area is 303 Å². The number of hydrogen-bond acceptors (Lipinski definition) is 11. The summed E-state index contributed by atoms with van der Waals surface area (Å²) in [6, 6.07) is 0. The Morgan fingerprint density at radius 2 is 1.10 bits per heavy atom. The molecule has 2 saturated heterocycles. The fourth-order valence-corrected chi connectivity index (χ4v) is 8.64. The molecule has 4 heterocycles. The minimum atomic E-state index is -0.790. The normalized spacial score (nSPS) is 20.6. The molecule has 4 aliphatic rings. The summed E-state index contributed by atoms with van der Waals surface area (Å²) in [4.78, 5) is 36.6. The maximum Gasteiger partial charge on any atom is 0.304 e. The number of rotatable bonds is 18. The van der Waals surface area contributed by atoms with E-state index in [1.54, 1.807) is 5.48 Å². The number of carbonyl (C=O) groups excluding carboxylic acids is 1. The molecule has 0 aromatic carbocycles. The van der Waals surface area contributed by atoms with Gasteiger partial charge in [-0.1, -0.05) is 100 Å². The second-order valence-corrected chi connectivity index (χ2v) is 15.7. The molecule has 2 aromatic rings. The van der Waals surface area contributed by atoms with Crippen LogP contribution >= 0.6 is 0 Å². The van der Waals surface area contributed by atoms with Gasteiger partial charge in [0.25, 0.3) is 0 Å². The minimum Gasteiger partial charge on any atom is -0.481 e. The van der Waals surface area contributed by atoms with E-state index in [4.69, 9.17) is 14.3 Å². The third-order valence-electron chi connectivity index (χ3n) is 11.6. The molecule has 4 fully saturated rings. The lowest BCUT2D eigenvalue weighted by atomic mass is 9.84. The number of aliphatic carboxylic acids is 1. The molecule has 51 heavy (non-hydrogen) atoms. The van der Waals surface area contributed by atoms with Crippen molar-refractivity contribution in [3.05, 3.63) is 23.4 Å². The molecular weight excluding hydrogens is 650 g/mol. The van der Waals surface area contributed by atoms with Gasteiger partial charge in [0.1, 0.15) is 0 Å². The van der Waals surface area contributed by atoms with Crippen LogP contribution in [-0.2, 0) is 22.7 Å². The van der Waals surface area contributed by atoms with Gasteiger partial charge in [-0.15, -0.1) is 0 Å². The van der Waals surface area contributed by atoms with Crippen molar-refractivity contribution in [2.24, 2.45) is 11.8 Å². The van der Waals surface area contributed by atoms with Gasteiger partial charge in [0.15, 0.2) is 11.6 Å². The van der Waals surface area contributed by atoms with E-state index in [9.17, 15) is 14.7 Å². The average Bonchev–Trinajstić information content (AvgIpc) is 3.99. The van der Waals surface area contributed by atoms with E-state index < -0.39 is 11.9 Å². The molecule has 6 rings (SSSR count). The van der Waals surface area contributed by atoms with Crippen LogP contribution in [0, 0.1) is 11.8 Å². The Bertz CT molecular complexity index is 1280. The van der Waals surface area contributed by atoms with Crippen molar-refractivity contribution in [3.8, 4) is 0 Å². The molecule has 2 aromatic heterocycles. The van der Waals surface area contributed by atoms with E-state index in [-0.39, 0.29) is 24.7 Å². The lowest BCUT2D eigenvalue weighted by Crippen LogP contribution is -2.22. The van der Waals surface area contributed by atoms with Crippen molar-refractivity contribution in [2.45, 2.75) is 166 Å². The Morgan fingerprint density at radius 1 is 0.667 bits per heavy atom. The van der Waals surface area contributed by atoms with Gasteiger partial charge in [0.05, 0.1) is 19.5 Å². The molecule has 0 radical (unpaired) electrons. The van der Waals surface area contributed by atoms with Gasteiger partial charge in [-0.2, -0.15) is 9.97 Å². The Kier molecular flexibility index (Phi) is 16.6. The molecule has 3 N–H and O–H groups in total. The first kappa shape index (κ1) is 39.3. The average molecular weight is 714 g/mol. The zero-order valence-electron chi connectivity index (χ0n) is 30.8. The fourth-order valence-electron chi connectivity index (χ4n) is 8.64. The van der Waals surface area contributed by atoms with Crippen molar-refractivity contribution in [1.29, 1.82) is 0 Å². The molecule has 1 amide bonds. The van der Waals surface area contributed by atoms with Crippen LogP contribution in [0.1, 0.15) is 177 Å². The van der Waals surface area contributed by atoms with Crippen LogP contribution in [0.25, 0.3) is 0 Å². The topological polar surface area (TPSA) is 171 Å². The van der Waals surface area contributed by atoms with Crippen molar-refractivity contribution >= 4 is 11.9 Å². The van der Waals surface area contributed by atoms with Gasteiger partial charge in [-0.25, -0.2) is 5.48 Å². The predicted octanol–water partition coefficient (Wildman–Crippen LogP) is 7.37. The van der Waals surface area contributed by atoms with Crippen LogP contribution in [-0.4, -0.2) is 78.5 Å². The number of hydroxylamine groups is 1. The predicted molar refractivity (Wildman–Crippen MR) is 191 cm³/mol. The van der Waals surface area contributed by atoms with Crippen LogP contribution in [0.5, 0.6) is 0 Å². The van der Waals surface area contributed by atoms with Gasteiger partial charge in [0.2, 0.25) is 17.7 Å². The van der Waals surface area contributed by atoms with Crippen molar-refractivity contribution < 1.29 is 28.9 Å². The fraction of sp³-hybridized carbons (Fsp3) is 0.842. The van der Waals surface area contributed by atoms with Crippen LogP contribution in [0.3, 0.4) is 0 Å². The lowest BCUT2D eigenvalue weighted by molar-refractivity contribution is -0.137. The minimum absolute atomic E-state index is 0.0794. The van der Waals surface area contributed by atoms with Crippen molar-refractivity contribution in [2.75, 3.05) is 26.2 Å². The third kappa shape index (κ3) is 13.9. The van der Waals surface area contributed by atoms with E-state index in [0.717, 1.165) is 63.7 Å². The number of hydrogen-bond donors (Lipinski definition) is 3. The number of carboxylic acid groups (broad SMARTS) is 1. The van der Waals surface area contributed by atoms with Gasteiger partial charge < -0.3 is 14.2 Å². The second-order valence-electron chi connectivity index (χ2n) is 15.7. The summed E-state index contributed by atoms with van der Waals surface area (Å²) in [6.45, 7) is 5.77. The first-order valence-corrected chi connectivity index (χ1v) is 20.2. The maximum absolute atomic E-state index is 11.7. The molecule has 0 spiro atoms. The highest BCUT2D eigenvalue weighted by Gasteiger charge is 2.26. The summed E-state index contributed by atoms with van der Waals surface area (Å²) in [5.74, 6) is 2.63. The largest absolute Gasteiger partial charge is 0.481 e. The Hall–Kier alpha value is -2.90. The van der Waals surface area contributed by atoms with E-state index in [2.05, 4.69) is 30.1 Å². The standard InChI is InChI=1S/C19H32N4O3.C19H31N3O3/c24-18(21-25)13-16(10-6-9-15-7-2-1-3-8-15)19-20-17(22-26-19)14-23-11-4-5-12-23;23-18(24)13-16(10-6-9-15-7-2-1-3-8-15)19-20-17(21-25-19)14-22-11-4-5-12-22/h15-16,25H,1-14H2,(H,21,24);15-16H,1-14H2,(H,23,24)/t2*16-/m11/s1. The quantitative estimate of drug-likeness (QED) is 0.104. The molecule has 2 saturated carbocycles. The number of likely N-dealkylation sites (tertiary alicyclic amines) is 2. The zero-order valence-corrected chi connectivity index (χ0v) is 30.8. The molecule has 2 atom stereocenters. The maximum atomic E-state index is 11.7. The van der Waals surface area contributed by atoms with E-state index >= 15 is 0 Å². The van der Waals surface area contributed by atoms with Crippen molar-refractivity contribution in [3.63, 3.8) is 0 Å². The highest BCUT2D eigenvalue weighted by atomic mass is 16.5. The summed E-state index contributed by atoms with van der Waals surface area (Å²) in [6.07, 6.45) is 24.9. The summed E-state index contributed by atoms with van der Waals surface area (Å²) >= 11 is 0. The van der Waals surface area contributed by atoms with Crippen molar-refractivity contribution in [1.82, 2.24) is 35.6 Å². The first-order chi connectivity index (χ1) is 24.9. The summed E-state index contributed by atoms with van der Waals surface area (Å²) in [7, 11) is 0. The number of aromatic nitrogens is 4. The smallest absolute Gasteiger partial charge is 0.304 e. The zero-order chi connectivity index (χ0) is 35.7. The highest BCUT2D eigenvalue weighted by molar-refractivity contribution is 5.75. The monoisotopic (exact) mass is 713 g/mol. The van der Waals surface area contributed by atoms with Crippen LogP contribution in [0.2, 0.25) is 0 Å². The van der Waals surface area contributed by atoms with E-state index in [0.29, 0.717) is 36.5 Å². The summed E-state index contributed by atoms with van der Waals surface area (Å²) in [5, 5.41) is 26.3. The molecule has 0 unspecified atom stereocenters. The molecule has 286 valence electrons. The molecule has 13 heteroatoms. The summed E-state index contributed by atoms with van der Waals surface area (Å²) in [5.41, 5.74) is 1.73. The molecule has 2 aliphatic heterocycles. The third-order valence-corrected chi connectivity index (χ3v) is 11.6. The van der Waals surface area contributed by atoms with Gasteiger partial charge in [-0.3, -0.25) is 24.6 Å². The van der Waals surface area contributed by atoms with Crippen LogP contribution in [0.15, 0.2) is 9.05 Å². The lowest BCUT2D eigenvalue weighted by Gasteiger charge is -2.22. The molecule has 0 bridgehead atoms. The number of amides is 1. The van der Waals surface area contributed by atoms with E-state index in [1.807, 2.05) is 0 Å². The number of carboxylic acids is 1. The summed E-state index contributed by atoms with van der Waals surface area (Å²) < 4.78 is 10.9. The number of carbonyl (C=O) groups is 2. The van der Waals surface area contributed by atoms with Crippen LogP contribution in [0.4, 0.5) is 0 Å². The SMILES string of the molecule is O=C(C[C@@H](CCCC1CCCCC1)c1nc(CN2CCCC2)no1)NO.O=C(O)C[C@@H](CCCC1CCCCC1)c1nc(CN2CCCC2)no1. The van der Waals surface area contributed by atoms with Gasteiger partial charge >= 0.3 is 5.97 Å². The molecule has 2 aliphatic carbocycles. The highest BCUT2D eigenvalue weighted by Crippen LogP contribution is 2.32. The number of nitrogens with one attached hydrogen (secondary N) is 1.